The number of aliphatic imine (C=N–C) groups is 1. The van der Waals surface area contributed by atoms with Crippen molar-refractivity contribution in [2.24, 2.45) is 12.0 Å². The third-order valence-electron chi connectivity index (χ3n) is 6.01. The van der Waals surface area contributed by atoms with Crippen LogP contribution in [0.15, 0.2) is 64.3 Å². The van der Waals surface area contributed by atoms with Crippen LogP contribution in [0.1, 0.15) is 31.1 Å². The zero-order valence-corrected chi connectivity index (χ0v) is 21.9. The van der Waals surface area contributed by atoms with Crippen molar-refractivity contribution >= 4 is 29.9 Å². The molecule has 1 unspecified atom stereocenters. The van der Waals surface area contributed by atoms with Crippen molar-refractivity contribution < 1.29 is 4.42 Å². The number of furan rings is 1. The topological polar surface area (TPSA) is 70.6 Å². The molecule has 178 valence electrons. The Kier molecular flexibility index (Phi) is 9.80. The number of nitrogens with zero attached hydrogens (tertiary/aromatic N) is 4. The smallest absolute Gasteiger partial charge is 0.191 e. The van der Waals surface area contributed by atoms with E-state index in [0.717, 1.165) is 54.6 Å². The minimum atomic E-state index is 0. The van der Waals surface area contributed by atoms with Gasteiger partial charge in [0, 0.05) is 49.9 Å². The maximum absolute atomic E-state index is 5.46. The van der Waals surface area contributed by atoms with Crippen LogP contribution in [0.5, 0.6) is 0 Å². The molecule has 3 aromatic rings. The van der Waals surface area contributed by atoms with E-state index in [1.54, 1.807) is 6.26 Å². The van der Waals surface area contributed by atoms with Crippen molar-refractivity contribution in [3.63, 3.8) is 0 Å². The fraction of sp³-hybridized carbons (Fsp3) is 0.440. The van der Waals surface area contributed by atoms with Crippen molar-refractivity contribution in [2.45, 2.75) is 38.8 Å². The normalized spacial score (nSPS) is 16.5. The summed E-state index contributed by atoms with van der Waals surface area (Å²) in [7, 11) is 1.96. The van der Waals surface area contributed by atoms with Gasteiger partial charge in [-0.1, -0.05) is 37.3 Å². The number of hydrogen-bond acceptors (Lipinski definition) is 4. The van der Waals surface area contributed by atoms with Gasteiger partial charge >= 0.3 is 0 Å². The standard InChI is InChI=1S/C25H34N6O.HI/c1-3-31-15-7-11-22(31)18-28-25(26-14-13-23-12-8-16-32-23)27-17-21-19-30(2)29-24(21)20-9-5-4-6-10-20;/h4-6,8-10,12,16,19,22H,3,7,11,13-15,17-18H2,1-2H3,(H2,26,27,28);1H. The summed E-state index contributed by atoms with van der Waals surface area (Å²) in [6.07, 6.45) is 7.11. The molecule has 2 N–H and O–H groups in total. The average Bonchev–Trinajstić information content (AvgIpc) is 3.57. The molecule has 1 atom stereocenters. The monoisotopic (exact) mass is 562 g/mol. The molecule has 1 aromatic carbocycles. The summed E-state index contributed by atoms with van der Waals surface area (Å²) < 4.78 is 7.33. The van der Waals surface area contributed by atoms with Crippen LogP contribution in [0, 0.1) is 0 Å². The Bertz CT molecular complexity index is 986. The minimum Gasteiger partial charge on any atom is -0.469 e. The Balaban J connectivity index is 0.00000306. The second-order valence-corrected chi connectivity index (χ2v) is 8.27. The maximum Gasteiger partial charge on any atom is 0.191 e. The first-order chi connectivity index (χ1) is 15.7. The lowest BCUT2D eigenvalue weighted by atomic mass is 10.1. The van der Waals surface area contributed by atoms with Gasteiger partial charge < -0.3 is 15.1 Å². The SMILES string of the molecule is CCN1CCCC1CNC(=NCc1cn(C)nc1-c1ccccc1)NCCc1ccco1.I. The van der Waals surface area contributed by atoms with Gasteiger partial charge in [0.15, 0.2) is 5.96 Å². The Labute approximate surface area is 213 Å². The van der Waals surface area contributed by atoms with E-state index in [1.807, 2.05) is 42.1 Å². The van der Waals surface area contributed by atoms with Crippen LogP contribution in [-0.2, 0) is 20.0 Å². The van der Waals surface area contributed by atoms with E-state index in [9.17, 15) is 0 Å². The molecular formula is C25H35IN6O. The number of aromatic nitrogens is 2. The molecule has 1 aliphatic heterocycles. The predicted octanol–water partition coefficient (Wildman–Crippen LogP) is 4.06. The fourth-order valence-corrected chi connectivity index (χ4v) is 4.35. The highest BCUT2D eigenvalue weighted by Crippen LogP contribution is 2.22. The van der Waals surface area contributed by atoms with Crippen molar-refractivity contribution in [1.29, 1.82) is 0 Å². The largest absolute Gasteiger partial charge is 0.469 e. The highest BCUT2D eigenvalue weighted by molar-refractivity contribution is 14.0. The zero-order valence-electron chi connectivity index (χ0n) is 19.5. The van der Waals surface area contributed by atoms with Crippen LogP contribution in [-0.4, -0.2) is 52.9 Å². The van der Waals surface area contributed by atoms with E-state index in [4.69, 9.17) is 9.41 Å². The molecule has 33 heavy (non-hydrogen) atoms. The summed E-state index contributed by atoms with van der Waals surface area (Å²) in [5.74, 6) is 1.81. The molecule has 0 amide bonds. The van der Waals surface area contributed by atoms with Gasteiger partial charge in [0.25, 0.3) is 0 Å². The lowest BCUT2D eigenvalue weighted by Gasteiger charge is -2.24. The van der Waals surface area contributed by atoms with E-state index in [0.29, 0.717) is 12.6 Å². The summed E-state index contributed by atoms with van der Waals surface area (Å²) >= 11 is 0. The van der Waals surface area contributed by atoms with Crippen molar-refractivity contribution in [1.82, 2.24) is 25.3 Å². The molecule has 7 nitrogen and oxygen atoms in total. The third kappa shape index (κ3) is 7.07. The summed E-state index contributed by atoms with van der Waals surface area (Å²) in [5, 5.41) is 11.7. The van der Waals surface area contributed by atoms with E-state index in [2.05, 4.69) is 45.9 Å². The second-order valence-electron chi connectivity index (χ2n) is 8.27. The predicted molar refractivity (Wildman–Crippen MR) is 144 cm³/mol. The van der Waals surface area contributed by atoms with Crippen LogP contribution >= 0.6 is 24.0 Å². The Morgan fingerprint density at radius 1 is 1.18 bits per heavy atom. The Hall–Kier alpha value is -2.33. The number of aryl methyl sites for hydroxylation is 1. The maximum atomic E-state index is 5.46. The number of likely N-dealkylation sites (N-methyl/N-ethyl adjacent to an activating group) is 1. The van der Waals surface area contributed by atoms with Gasteiger partial charge in [-0.3, -0.25) is 9.58 Å². The lowest BCUT2D eigenvalue weighted by molar-refractivity contribution is 0.267. The molecule has 0 aliphatic carbocycles. The Morgan fingerprint density at radius 2 is 2.03 bits per heavy atom. The van der Waals surface area contributed by atoms with Crippen LogP contribution < -0.4 is 10.6 Å². The average molecular weight is 563 g/mol. The fourth-order valence-electron chi connectivity index (χ4n) is 4.35. The minimum absolute atomic E-state index is 0. The summed E-state index contributed by atoms with van der Waals surface area (Å²) in [6.45, 7) is 6.76. The number of rotatable bonds is 9. The van der Waals surface area contributed by atoms with Gasteiger partial charge in [-0.15, -0.1) is 24.0 Å². The number of benzene rings is 1. The molecule has 2 aromatic heterocycles. The molecule has 0 saturated carbocycles. The molecule has 0 spiro atoms. The van der Waals surface area contributed by atoms with E-state index < -0.39 is 0 Å². The van der Waals surface area contributed by atoms with E-state index in [1.165, 1.54) is 19.4 Å². The lowest BCUT2D eigenvalue weighted by Crippen LogP contribution is -2.45. The van der Waals surface area contributed by atoms with Gasteiger partial charge in [-0.25, -0.2) is 4.99 Å². The van der Waals surface area contributed by atoms with E-state index >= 15 is 0 Å². The highest BCUT2D eigenvalue weighted by atomic mass is 127. The number of guanidine groups is 1. The number of halogens is 1. The first kappa shape index (κ1) is 25.3. The third-order valence-corrected chi connectivity index (χ3v) is 6.01. The van der Waals surface area contributed by atoms with E-state index in [-0.39, 0.29) is 24.0 Å². The molecule has 0 radical (unpaired) electrons. The molecule has 1 fully saturated rings. The first-order valence-electron chi connectivity index (χ1n) is 11.6. The summed E-state index contributed by atoms with van der Waals surface area (Å²) in [6, 6.07) is 14.8. The molecule has 0 bridgehead atoms. The van der Waals surface area contributed by atoms with Gasteiger partial charge in [0.2, 0.25) is 0 Å². The number of likely N-dealkylation sites (tertiary alicyclic amines) is 1. The van der Waals surface area contributed by atoms with Gasteiger partial charge in [-0.2, -0.15) is 5.10 Å². The van der Waals surface area contributed by atoms with Crippen LogP contribution in [0.3, 0.4) is 0 Å². The molecule has 1 saturated heterocycles. The number of nitrogens with one attached hydrogen (secondary N) is 2. The molecule has 4 rings (SSSR count). The first-order valence-corrected chi connectivity index (χ1v) is 11.6. The van der Waals surface area contributed by atoms with Crippen LogP contribution in [0.25, 0.3) is 11.3 Å². The summed E-state index contributed by atoms with van der Waals surface area (Å²) in [4.78, 5) is 7.46. The number of hydrogen-bond donors (Lipinski definition) is 2. The van der Waals surface area contributed by atoms with Crippen molar-refractivity contribution in [2.75, 3.05) is 26.2 Å². The molecule has 8 heteroatoms. The van der Waals surface area contributed by atoms with Gasteiger partial charge in [0.05, 0.1) is 18.5 Å². The molecule has 1 aliphatic rings. The van der Waals surface area contributed by atoms with Crippen molar-refractivity contribution in [3.8, 4) is 11.3 Å². The second kappa shape index (κ2) is 12.8. The van der Waals surface area contributed by atoms with Crippen molar-refractivity contribution in [3.05, 3.63) is 66.2 Å². The quantitative estimate of drug-likeness (QED) is 0.234. The zero-order chi connectivity index (χ0) is 22.2. The van der Waals surface area contributed by atoms with Gasteiger partial charge in [0.1, 0.15) is 5.76 Å². The molecule has 3 heterocycles. The summed E-state index contributed by atoms with van der Waals surface area (Å²) in [5.41, 5.74) is 3.21. The van der Waals surface area contributed by atoms with Crippen LogP contribution in [0.4, 0.5) is 0 Å². The highest BCUT2D eigenvalue weighted by Gasteiger charge is 2.22. The molecular weight excluding hydrogens is 527 g/mol. The van der Waals surface area contributed by atoms with Crippen LogP contribution in [0.2, 0.25) is 0 Å². The Morgan fingerprint density at radius 3 is 2.79 bits per heavy atom. The van der Waals surface area contributed by atoms with Gasteiger partial charge in [-0.05, 0) is 38.1 Å².